The number of hydrogen-bond donors (Lipinski definition) is 2. The van der Waals surface area contributed by atoms with Crippen LogP contribution in [0.5, 0.6) is 0 Å². The third-order valence-corrected chi connectivity index (χ3v) is 4.93. The predicted octanol–water partition coefficient (Wildman–Crippen LogP) is 4.27. The molecule has 0 unspecified atom stereocenters. The lowest BCUT2D eigenvalue weighted by atomic mass is 9.88. The number of carbonyl (C=O) groups excluding carboxylic acids is 1. The number of benzene rings is 1. The van der Waals surface area contributed by atoms with Crippen molar-refractivity contribution < 1.29 is 18.3 Å². The van der Waals surface area contributed by atoms with E-state index in [1.54, 1.807) is 45.0 Å². The molecule has 0 radical (unpaired) electrons. The Morgan fingerprint density at radius 1 is 1.30 bits per heavy atom. The summed E-state index contributed by atoms with van der Waals surface area (Å²) in [6.45, 7) is 5.25. The van der Waals surface area contributed by atoms with Gasteiger partial charge in [-0.1, -0.05) is 12.1 Å². The molecule has 1 N–H and O–H groups in total. The molecule has 1 aromatic carbocycles. The van der Waals surface area contributed by atoms with Gasteiger partial charge in [0.1, 0.15) is 5.60 Å². The molecule has 1 aliphatic carbocycles. The van der Waals surface area contributed by atoms with Crippen LogP contribution in [0.15, 0.2) is 29.4 Å². The van der Waals surface area contributed by atoms with Crippen LogP contribution in [0.2, 0.25) is 0 Å². The minimum Gasteiger partial charge on any atom is -0.444 e. The van der Waals surface area contributed by atoms with Crippen molar-refractivity contribution in [2.45, 2.75) is 55.7 Å². The molecule has 27 heavy (non-hydrogen) atoms. The standard InChI is InChI=1S/C18H22F2N4O2S/c1-16(2,3)26-15(25)21-12-7-5-6-11(10-12)17(8-9-17)18(19,20)13-22-23-14(27)24(13)4/h5-7,10H,8-9H2,1-4H3,(H,21,25)(H,23,27). The Kier molecular flexibility index (Phi) is 4.70. The van der Waals surface area contributed by atoms with Gasteiger partial charge in [0, 0.05) is 12.7 Å². The van der Waals surface area contributed by atoms with E-state index in [1.165, 1.54) is 11.6 Å². The van der Waals surface area contributed by atoms with Crippen molar-refractivity contribution in [3.8, 4) is 0 Å². The number of nitrogens with zero attached hydrogens (tertiary/aromatic N) is 3. The second kappa shape index (κ2) is 6.47. The molecule has 6 nitrogen and oxygen atoms in total. The van der Waals surface area contributed by atoms with Crippen LogP contribution in [-0.2, 0) is 23.1 Å². The van der Waals surface area contributed by atoms with E-state index in [4.69, 9.17) is 4.74 Å². The number of thiol groups is 1. The smallest absolute Gasteiger partial charge is 0.412 e. The summed E-state index contributed by atoms with van der Waals surface area (Å²) >= 11 is 4.04. The van der Waals surface area contributed by atoms with Gasteiger partial charge in [0.05, 0.1) is 5.41 Å². The zero-order chi connectivity index (χ0) is 20.0. The summed E-state index contributed by atoms with van der Waals surface area (Å²) in [5.74, 6) is -3.64. The highest BCUT2D eigenvalue weighted by molar-refractivity contribution is 7.80. The molecular formula is C18H22F2N4O2S. The van der Waals surface area contributed by atoms with Gasteiger partial charge in [-0.15, -0.1) is 22.8 Å². The van der Waals surface area contributed by atoms with Crippen LogP contribution in [0.25, 0.3) is 0 Å². The van der Waals surface area contributed by atoms with E-state index in [0.29, 0.717) is 24.1 Å². The second-order valence-electron chi connectivity index (χ2n) is 7.75. The van der Waals surface area contributed by atoms with E-state index >= 15 is 8.78 Å². The zero-order valence-corrected chi connectivity index (χ0v) is 16.5. The van der Waals surface area contributed by atoms with Crippen molar-refractivity contribution in [1.82, 2.24) is 14.8 Å². The summed E-state index contributed by atoms with van der Waals surface area (Å²) in [5.41, 5.74) is -1.19. The van der Waals surface area contributed by atoms with Crippen LogP contribution >= 0.6 is 12.6 Å². The van der Waals surface area contributed by atoms with E-state index < -0.39 is 28.9 Å². The van der Waals surface area contributed by atoms with Crippen molar-refractivity contribution in [1.29, 1.82) is 0 Å². The number of carbonyl (C=O) groups is 1. The first kappa shape index (κ1) is 19.6. The van der Waals surface area contributed by atoms with Crippen LogP contribution in [0.3, 0.4) is 0 Å². The average Bonchev–Trinajstić information content (AvgIpc) is 3.29. The average molecular weight is 396 g/mol. The molecule has 0 saturated heterocycles. The monoisotopic (exact) mass is 396 g/mol. The van der Waals surface area contributed by atoms with Crippen LogP contribution < -0.4 is 5.32 Å². The van der Waals surface area contributed by atoms with Gasteiger partial charge in [-0.25, -0.2) is 4.79 Å². The Hall–Kier alpha value is -2.16. The summed E-state index contributed by atoms with van der Waals surface area (Å²) in [6, 6.07) is 6.47. The van der Waals surface area contributed by atoms with Crippen LogP contribution in [0, 0.1) is 0 Å². The molecule has 0 aliphatic heterocycles. The lowest BCUT2D eigenvalue weighted by Crippen LogP contribution is -2.34. The minimum atomic E-state index is -3.22. The Morgan fingerprint density at radius 2 is 1.96 bits per heavy atom. The lowest BCUT2D eigenvalue weighted by molar-refractivity contribution is -0.0577. The fraction of sp³-hybridized carbons (Fsp3) is 0.500. The van der Waals surface area contributed by atoms with Gasteiger partial charge in [-0.05, 0) is 51.3 Å². The van der Waals surface area contributed by atoms with E-state index in [-0.39, 0.29) is 5.16 Å². The van der Waals surface area contributed by atoms with Crippen LogP contribution in [0.4, 0.5) is 19.3 Å². The first-order chi connectivity index (χ1) is 12.5. The fourth-order valence-corrected chi connectivity index (χ4v) is 3.17. The minimum absolute atomic E-state index is 0.126. The summed E-state index contributed by atoms with van der Waals surface area (Å²) in [6.07, 6.45) is -0.0146. The summed E-state index contributed by atoms with van der Waals surface area (Å²) in [5, 5.41) is 9.98. The topological polar surface area (TPSA) is 69.0 Å². The Balaban J connectivity index is 1.88. The maximum absolute atomic E-state index is 15.3. The van der Waals surface area contributed by atoms with Crippen molar-refractivity contribution in [2.75, 3.05) is 5.32 Å². The third-order valence-electron chi connectivity index (χ3n) is 4.54. The molecule has 1 fully saturated rings. The molecular weight excluding hydrogens is 374 g/mol. The molecule has 0 atom stereocenters. The lowest BCUT2D eigenvalue weighted by Gasteiger charge is -2.27. The molecule has 1 aliphatic rings. The number of alkyl halides is 2. The SMILES string of the molecule is Cn1c(S)nnc1C(F)(F)C1(c2cccc(NC(=O)OC(C)(C)C)c2)CC1. The Morgan fingerprint density at radius 3 is 2.48 bits per heavy atom. The number of ether oxygens (including phenoxy) is 1. The van der Waals surface area contributed by atoms with Crippen LogP contribution in [0.1, 0.15) is 45.0 Å². The van der Waals surface area contributed by atoms with Gasteiger partial charge >= 0.3 is 12.0 Å². The Bertz CT molecular complexity index is 872. The maximum atomic E-state index is 15.3. The molecule has 1 aromatic heterocycles. The summed E-state index contributed by atoms with van der Waals surface area (Å²) in [4.78, 5) is 12.0. The summed E-state index contributed by atoms with van der Waals surface area (Å²) < 4.78 is 37.0. The molecule has 3 rings (SSSR count). The number of hydrogen-bond acceptors (Lipinski definition) is 5. The van der Waals surface area contributed by atoms with Gasteiger partial charge in [-0.2, -0.15) is 8.78 Å². The molecule has 146 valence electrons. The second-order valence-corrected chi connectivity index (χ2v) is 8.15. The first-order valence-electron chi connectivity index (χ1n) is 8.53. The fourth-order valence-electron chi connectivity index (χ4n) is 3.03. The van der Waals surface area contributed by atoms with E-state index in [1.807, 2.05) is 0 Å². The normalized spacial score (nSPS) is 16.1. The molecule has 1 saturated carbocycles. The van der Waals surface area contributed by atoms with E-state index in [9.17, 15) is 4.79 Å². The van der Waals surface area contributed by atoms with E-state index in [0.717, 1.165) is 0 Å². The maximum Gasteiger partial charge on any atom is 0.412 e. The predicted molar refractivity (Wildman–Crippen MR) is 99.4 cm³/mol. The van der Waals surface area contributed by atoms with Crippen molar-refractivity contribution in [3.63, 3.8) is 0 Å². The number of aromatic nitrogens is 3. The van der Waals surface area contributed by atoms with Gasteiger partial charge in [0.2, 0.25) is 5.82 Å². The Labute approximate surface area is 161 Å². The molecule has 0 bridgehead atoms. The van der Waals surface area contributed by atoms with Crippen molar-refractivity contribution >= 4 is 24.4 Å². The zero-order valence-electron chi connectivity index (χ0n) is 15.6. The van der Waals surface area contributed by atoms with Gasteiger partial charge < -0.3 is 9.30 Å². The van der Waals surface area contributed by atoms with Crippen molar-refractivity contribution in [3.05, 3.63) is 35.7 Å². The van der Waals surface area contributed by atoms with Gasteiger partial charge in [-0.3, -0.25) is 5.32 Å². The molecule has 1 heterocycles. The van der Waals surface area contributed by atoms with Crippen LogP contribution in [-0.4, -0.2) is 26.5 Å². The molecule has 1 amide bonds. The highest BCUT2D eigenvalue weighted by atomic mass is 32.1. The number of anilines is 1. The van der Waals surface area contributed by atoms with Gasteiger partial charge in [0.15, 0.2) is 5.16 Å². The molecule has 0 spiro atoms. The largest absolute Gasteiger partial charge is 0.444 e. The van der Waals surface area contributed by atoms with Crippen molar-refractivity contribution in [2.24, 2.45) is 7.05 Å². The number of halogens is 2. The highest BCUT2D eigenvalue weighted by Crippen LogP contribution is 2.62. The summed E-state index contributed by atoms with van der Waals surface area (Å²) in [7, 11) is 1.46. The van der Waals surface area contributed by atoms with E-state index in [2.05, 4.69) is 28.1 Å². The number of amides is 1. The quantitative estimate of drug-likeness (QED) is 0.757. The number of rotatable bonds is 4. The highest BCUT2D eigenvalue weighted by Gasteiger charge is 2.65. The molecule has 2 aromatic rings. The number of nitrogens with one attached hydrogen (secondary N) is 1. The molecule has 9 heteroatoms. The van der Waals surface area contributed by atoms with Gasteiger partial charge in [0.25, 0.3) is 0 Å². The first-order valence-corrected chi connectivity index (χ1v) is 8.98. The third kappa shape index (κ3) is 3.65.